The lowest BCUT2D eigenvalue weighted by Gasteiger charge is -2.23. The van der Waals surface area contributed by atoms with Crippen molar-refractivity contribution in [2.75, 3.05) is 6.54 Å². The van der Waals surface area contributed by atoms with Crippen LogP contribution in [0, 0.1) is 11.8 Å². The SMILES string of the molecule is CC.CC/C(=C\C(Cl)=C(/C)F)NC1=C2C(=C(C(=O)O)C=NC1)C1CCC2C1. The standard InChI is InChI=1S/C19H22ClFN2O2.C2H6/c1-3-13(7-15(20)10(2)21)23-16-9-22-8-14(19(24)25)17-11-4-5-12(6-11)18(16)17;1-2/h7-8,11-12,23H,3-6,9H2,1-2H3,(H,24,25);1-2H3/b13-7+,15-10-;. The van der Waals surface area contributed by atoms with E-state index < -0.39 is 11.8 Å². The smallest absolute Gasteiger partial charge is 0.337 e. The molecule has 1 heterocycles. The Morgan fingerprint density at radius 1 is 1.37 bits per heavy atom. The van der Waals surface area contributed by atoms with E-state index in [1.54, 1.807) is 6.08 Å². The van der Waals surface area contributed by atoms with Crippen LogP contribution in [0.5, 0.6) is 0 Å². The van der Waals surface area contributed by atoms with Gasteiger partial charge >= 0.3 is 5.97 Å². The van der Waals surface area contributed by atoms with Crippen molar-refractivity contribution in [3.63, 3.8) is 0 Å². The Morgan fingerprint density at radius 2 is 2.00 bits per heavy atom. The molecule has 2 fully saturated rings. The third kappa shape index (κ3) is 4.52. The molecular formula is C21H28ClFN2O2. The number of carboxylic acids is 1. The van der Waals surface area contributed by atoms with Crippen LogP contribution >= 0.6 is 11.6 Å². The van der Waals surface area contributed by atoms with Gasteiger partial charge in [-0.3, -0.25) is 4.99 Å². The van der Waals surface area contributed by atoms with E-state index in [0.29, 0.717) is 30.4 Å². The zero-order valence-corrected chi connectivity index (χ0v) is 17.2. The van der Waals surface area contributed by atoms with Crippen LogP contribution in [-0.2, 0) is 4.79 Å². The van der Waals surface area contributed by atoms with Gasteiger partial charge in [-0.1, -0.05) is 32.4 Å². The Bertz CT molecular complexity index is 758. The lowest BCUT2D eigenvalue weighted by molar-refractivity contribution is -0.132. The van der Waals surface area contributed by atoms with Crippen molar-refractivity contribution in [1.82, 2.24) is 5.32 Å². The molecule has 1 aliphatic heterocycles. The van der Waals surface area contributed by atoms with Gasteiger partial charge in [0.25, 0.3) is 0 Å². The Labute approximate surface area is 165 Å². The number of nitrogens with one attached hydrogen (secondary N) is 1. The fourth-order valence-electron chi connectivity index (χ4n) is 4.05. The number of carbonyl (C=O) groups is 1. The summed E-state index contributed by atoms with van der Waals surface area (Å²) in [5, 5.41) is 13.0. The van der Waals surface area contributed by atoms with Gasteiger partial charge in [0.05, 0.1) is 17.2 Å². The number of fused-ring (bicyclic) bond motifs is 5. The lowest BCUT2D eigenvalue weighted by Crippen LogP contribution is -2.20. The molecule has 4 nitrogen and oxygen atoms in total. The third-order valence-electron chi connectivity index (χ3n) is 5.18. The van der Waals surface area contributed by atoms with Gasteiger partial charge in [-0.15, -0.1) is 0 Å². The van der Waals surface area contributed by atoms with Crippen molar-refractivity contribution in [3.05, 3.63) is 45.0 Å². The summed E-state index contributed by atoms with van der Waals surface area (Å²) in [6.45, 7) is 7.67. The molecule has 2 aliphatic carbocycles. The van der Waals surface area contributed by atoms with E-state index in [2.05, 4.69) is 10.3 Å². The maximum Gasteiger partial charge on any atom is 0.337 e. The highest BCUT2D eigenvalue weighted by Gasteiger charge is 2.44. The molecule has 2 N–H and O–H groups in total. The molecule has 6 heteroatoms. The number of nitrogens with zero attached hydrogens (tertiary/aromatic N) is 1. The highest BCUT2D eigenvalue weighted by molar-refractivity contribution is 6.31. The highest BCUT2D eigenvalue weighted by atomic mass is 35.5. The zero-order chi connectivity index (χ0) is 20.1. The van der Waals surface area contributed by atoms with Gasteiger partial charge in [0.15, 0.2) is 0 Å². The van der Waals surface area contributed by atoms with Gasteiger partial charge in [0.1, 0.15) is 5.83 Å². The first-order valence-corrected chi connectivity index (χ1v) is 10.00. The molecule has 3 aliphatic rings. The van der Waals surface area contributed by atoms with E-state index >= 15 is 0 Å². The molecule has 3 rings (SSSR count). The number of allylic oxidation sites excluding steroid dienone is 6. The van der Waals surface area contributed by atoms with Gasteiger partial charge in [0.2, 0.25) is 0 Å². The molecule has 27 heavy (non-hydrogen) atoms. The summed E-state index contributed by atoms with van der Waals surface area (Å²) >= 11 is 5.93. The van der Waals surface area contributed by atoms with Crippen LogP contribution in [0.25, 0.3) is 0 Å². The summed E-state index contributed by atoms with van der Waals surface area (Å²) in [6.07, 6.45) is 6.86. The van der Waals surface area contributed by atoms with Crippen molar-refractivity contribution in [3.8, 4) is 0 Å². The Kier molecular flexibility index (Phi) is 7.42. The fraction of sp³-hybridized carbons (Fsp3) is 0.524. The maximum atomic E-state index is 13.3. The van der Waals surface area contributed by atoms with Crippen LogP contribution in [0.15, 0.2) is 50.0 Å². The largest absolute Gasteiger partial charge is 0.478 e. The van der Waals surface area contributed by atoms with Crippen molar-refractivity contribution in [2.45, 2.75) is 53.4 Å². The minimum absolute atomic E-state index is 0.0713. The van der Waals surface area contributed by atoms with E-state index in [0.717, 1.165) is 41.8 Å². The molecular weight excluding hydrogens is 367 g/mol. The monoisotopic (exact) mass is 394 g/mol. The van der Waals surface area contributed by atoms with Crippen molar-refractivity contribution in [2.24, 2.45) is 16.8 Å². The molecule has 2 bridgehead atoms. The zero-order valence-electron chi connectivity index (χ0n) is 16.4. The van der Waals surface area contributed by atoms with Crippen LogP contribution in [0.4, 0.5) is 4.39 Å². The molecule has 0 aromatic rings. The summed E-state index contributed by atoms with van der Waals surface area (Å²) in [4.78, 5) is 16.0. The van der Waals surface area contributed by atoms with E-state index in [4.69, 9.17) is 11.6 Å². The maximum absolute atomic E-state index is 13.3. The molecule has 0 saturated heterocycles. The highest BCUT2D eigenvalue weighted by Crippen LogP contribution is 2.54. The van der Waals surface area contributed by atoms with Gasteiger partial charge < -0.3 is 10.4 Å². The molecule has 2 atom stereocenters. The number of aliphatic imine (C=N–C) groups is 1. The molecule has 148 valence electrons. The molecule has 2 unspecified atom stereocenters. The first kappa shape index (κ1) is 21.4. The molecule has 0 aromatic carbocycles. The van der Waals surface area contributed by atoms with Crippen LogP contribution in [0.1, 0.15) is 53.4 Å². The minimum atomic E-state index is -0.921. The topological polar surface area (TPSA) is 61.7 Å². The lowest BCUT2D eigenvalue weighted by atomic mass is 9.85. The van der Waals surface area contributed by atoms with Gasteiger partial charge in [-0.25, -0.2) is 9.18 Å². The summed E-state index contributed by atoms with van der Waals surface area (Å²) in [7, 11) is 0. The Balaban J connectivity index is 0.00000126. The fourth-order valence-corrected chi connectivity index (χ4v) is 4.18. The number of aliphatic carboxylic acids is 1. The normalized spacial score (nSPS) is 24.9. The summed E-state index contributed by atoms with van der Waals surface area (Å²) < 4.78 is 13.3. The number of halogens is 2. The second-order valence-corrected chi connectivity index (χ2v) is 7.14. The van der Waals surface area contributed by atoms with Gasteiger partial charge in [-0.05, 0) is 61.7 Å². The summed E-state index contributed by atoms with van der Waals surface area (Å²) in [5.74, 6) is -0.668. The molecule has 0 spiro atoms. The van der Waals surface area contributed by atoms with E-state index in [1.807, 2.05) is 20.8 Å². The van der Waals surface area contributed by atoms with E-state index in [-0.39, 0.29) is 5.03 Å². The first-order chi connectivity index (χ1) is 12.9. The van der Waals surface area contributed by atoms with Gasteiger partial charge in [-0.2, -0.15) is 0 Å². The van der Waals surface area contributed by atoms with E-state index in [9.17, 15) is 14.3 Å². The van der Waals surface area contributed by atoms with Crippen LogP contribution in [0.3, 0.4) is 0 Å². The minimum Gasteiger partial charge on any atom is -0.478 e. The Morgan fingerprint density at radius 3 is 2.56 bits per heavy atom. The number of hydrogen-bond donors (Lipinski definition) is 2. The first-order valence-electron chi connectivity index (χ1n) is 9.62. The second-order valence-electron chi connectivity index (χ2n) is 6.73. The number of carboxylic acid groups (broad SMARTS) is 1. The molecule has 2 saturated carbocycles. The summed E-state index contributed by atoms with van der Waals surface area (Å²) in [6, 6.07) is 0. The average Bonchev–Trinajstić information content (AvgIpc) is 3.20. The number of hydrogen-bond acceptors (Lipinski definition) is 3. The van der Waals surface area contributed by atoms with Crippen molar-refractivity contribution in [1.29, 1.82) is 0 Å². The van der Waals surface area contributed by atoms with Crippen molar-refractivity contribution < 1.29 is 14.3 Å². The van der Waals surface area contributed by atoms with Crippen molar-refractivity contribution >= 4 is 23.8 Å². The quantitative estimate of drug-likeness (QED) is 0.606. The van der Waals surface area contributed by atoms with Crippen LogP contribution < -0.4 is 5.32 Å². The number of rotatable bonds is 5. The summed E-state index contributed by atoms with van der Waals surface area (Å²) in [5.41, 5.74) is 4.07. The van der Waals surface area contributed by atoms with Crippen LogP contribution in [-0.4, -0.2) is 23.8 Å². The third-order valence-corrected chi connectivity index (χ3v) is 5.55. The predicted molar refractivity (Wildman–Crippen MR) is 108 cm³/mol. The van der Waals surface area contributed by atoms with Gasteiger partial charge in [0, 0.05) is 17.6 Å². The average molecular weight is 395 g/mol. The Hall–Kier alpha value is -1.88. The van der Waals surface area contributed by atoms with Crippen LogP contribution in [0.2, 0.25) is 0 Å². The molecule has 0 radical (unpaired) electrons. The molecule has 0 aromatic heterocycles. The second kappa shape index (κ2) is 9.36. The predicted octanol–water partition coefficient (Wildman–Crippen LogP) is 5.49. The van der Waals surface area contributed by atoms with E-state index in [1.165, 1.54) is 13.1 Å². The molecule has 0 amide bonds.